The molecule has 3 aromatic rings. The Morgan fingerprint density at radius 3 is 2.19 bits per heavy atom. The van der Waals surface area contributed by atoms with Gasteiger partial charge in [-0.2, -0.15) is 0 Å². The Labute approximate surface area is 157 Å². The third-order valence-electron chi connectivity index (χ3n) is 4.09. The van der Waals surface area contributed by atoms with Gasteiger partial charge in [0, 0.05) is 16.8 Å². The number of ether oxygens (including phenoxy) is 1. The van der Waals surface area contributed by atoms with E-state index in [-0.39, 0.29) is 11.5 Å². The molecule has 1 amide bonds. The second-order valence-electron chi connectivity index (χ2n) is 5.87. The van der Waals surface area contributed by atoms with Crippen LogP contribution in [0.15, 0.2) is 72.8 Å². The van der Waals surface area contributed by atoms with Gasteiger partial charge in [0.25, 0.3) is 5.91 Å². The number of carbonyl (C=O) groups excluding carboxylic acids is 2. The van der Waals surface area contributed by atoms with E-state index < -0.39 is 5.97 Å². The van der Waals surface area contributed by atoms with Crippen LogP contribution in [0.3, 0.4) is 0 Å². The van der Waals surface area contributed by atoms with Gasteiger partial charge in [-0.25, -0.2) is 0 Å². The molecule has 5 heteroatoms. The first-order chi connectivity index (χ1) is 13.1. The lowest BCUT2D eigenvalue weighted by atomic mass is 10.0. The minimum Gasteiger partial charge on any atom is -0.545 e. The summed E-state index contributed by atoms with van der Waals surface area (Å²) < 4.78 is 5.71. The summed E-state index contributed by atoms with van der Waals surface area (Å²) in [7, 11) is 0. The molecule has 0 fully saturated rings. The van der Waals surface area contributed by atoms with Gasteiger partial charge in [-0.15, -0.1) is 0 Å². The Balaban J connectivity index is 1.75. The smallest absolute Gasteiger partial charge is 0.255 e. The Bertz CT molecular complexity index is 950. The van der Waals surface area contributed by atoms with Gasteiger partial charge >= 0.3 is 0 Å². The molecule has 1 N–H and O–H groups in total. The molecule has 0 aromatic heterocycles. The zero-order valence-corrected chi connectivity index (χ0v) is 14.8. The molecule has 5 nitrogen and oxygen atoms in total. The third-order valence-corrected chi connectivity index (χ3v) is 4.09. The van der Waals surface area contributed by atoms with E-state index in [0.29, 0.717) is 34.7 Å². The van der Waals surface area contributed by atoms with Crippen molar-refractivity contribution in [2.75, 3.05) is 5.32 Å². The van der Waals surface area contributed by atoms with Crippen LogP contribution in [-0.2, 0) is 6.42 Å². The number of anilines is 1. The van der Waals surface area contributed by atoms with Gasteiger partial charge in [0.1, 0.15) is 11.5 Å². The summed E-state index contributed by atoms with van der Waals surface area (Å²) in [5.41, 5.74) is 1.53. The maximum atomic E-state index is 12.5. The van der Waals surface area contributed by atoms with Crippen LogP contribution in [0.1, 0.15) is 33.2 Å². The first-order valence-electron chi connectivity index (χ1n) is 8.56. The van der Waals surface area contributed by atoms with Gasteiger partial charge in [0.15, 0.2) is 0 Å². The van der Waals surface area contributed by atoms with Crippen LogP contribution in [0, 0.1) is 0 Å². The Hall–Kier alpha value is -3.60. The number of para-hydroxylation sites is 1. The number of aromatic carboxylic acids is 1. The highest BCUT2D eigenvalue weighted by Crippen LogP contribution is 2.23. The SMILES string of the molecule is CCc1c(NC(=O)c2ccc(Oc3ccccc3)cc2)cccc1C(=O)[O-]. The van der Waals surface area contributed by atoms with E-state index in [1.807, 2.05) is 37.3 Å². The monoisotopic (exact) mass is 360 g/mol. The average molecular weight is 360 g/mol. The Morgan fingerprint density at radius 2 is 1.56 bits per heavy atom. The normalized spacial score (nSPS) is 10.3. The number of nitrogens with one attached hydrogen (secondary N) is 1. The van der Waals surface area contributed by atoms with Crippen LogP contribution in [0.5, 0.6) is 11.5 Å². The summed E-state index contributed by atoms with van der Waals surface area (Å²) in [6.45, 7) is 1.83. The summed E-state index contributed by atoms with van der Waals surface area (Å²) in [4.78, 5) is 23.8. The van der Waals surface area contributed by atoms with Gasteiger partial charge in [-0.05, 0) is 54.4 Å². The van der Waals surface area contributed by atoms with Crippen molar-refractivity contribution in [1.29, 1.82) is 0 Å². The van der Waals surface area contributed by atoms with Crippen molar-refractivity contribution in [1.82, 2.24) is 0 Å². The minimum atomic E-state index is -1.26. The highest BCUT2D eigenvalue weighted by atomic mass is 16.5. The average Bonchev–Trinajstić information content (AvgIpc) is 2.69. The lowest BCUT2D eigenvalue weighted by Gasteiger charge is -2.15. The molecule has 0 atom stereocenters. The summed E-state index contributed by atoms with van der Waals surface area (Å²) in [6, 6.07) is 20.8. The molecule has 0 spiro atoms. The number of rotatable bonds is 6. The van der Waals surface area contributed by atoms with E-state index in [9.17, 15) is 14.7 Å². The van der Waals surface area contributed by atoms with E-state index in [1.54, 1.807) is 36.4 Å². The zero-order chi connectivity index (χ0) is 19.2. The summed E-state index contributed by atoms with van der Waals surface area (Å²) >= 11 is 0. The molecule has 0 saturated heterocycles. The molecular weight excluding hydrogens is 342 g/mol. The molecule has 3 rings (SSSR count). The minimum absolute atomic E-state index is 0.0851. The van der Waals surface area contributed by atoms with Crippen LogP contribution in [0.25, 0.3) is 0 Å². The quantitative estimate of drug-likeness (QED) is 0.728. The fourth-order valence-corrected chi connectivity index (χ4v) is 2.77. The topological polar surface area (TPSA) is 78.5 Å². The highest BCUT2D eigenvalue weighted by molar-refractivity contribution is 6.05. The van der Waals surface area contributed by atoms with Gasteiger partial charge in [0.05, 0.1) is 5.97 Å². The molecule has 136 valence electrons. The van der Waals surface area contributed by atoms with E-state index in [2.05, 4.69) is 5.32 Å². The Morgan fingerprint density at radius 1 is 0.889 bits per heavy atom. The largest absolute Gasteiger partial charge is 0.545 e. The maximum Gasteiger partial charge on any atom is 0.255 e. The molecular formula is C22H18NO4-. The molecule has 0 aliphatic heterocycles. The van der Waals surface area contributed by atoms with Crippen molar-refractivity contribution in [3.63, 3.8) is 0 Å². The van der Waals surface area contributed by atoms with Crippen LogP contribution in [0.4, 0.5) is 5.69 Å². The van der Waals surface area contributed by atoms with Gasteiger partial charge < -0.3 is 20.0 Å². The highest BCUT2D eigenvalue weighted by Gasteiger charge is 2.12. The first-order valence-corrected chi connectivity index (χ1v) is 8.56. The van der Waals surface area contributed by atoms with Crippen molar-refractivity contribution in [3.05, 3.63) is 89.5 Å². The van der Waals surface area contributed by atoms with Crippen LogP contribution in [-0.4, -0.2) is 11.9 Å². The second-order valence-corrected chi connectivity index (χ2v) is 5.87. The van der Waals surface area contributed by atoms with Crippen LogP contribution >= 0.6 is 0 Å². The zero-order valence-electron chi connectivity index (χ0n) is 14.8. The lowest BCUT2D eigenvalue weighted by Crippen LogP contribution is -2.24. The Kier molecular flexibility index (Phi) is 5.52. The second kappa shape index (κ2) is 8.19. The van der Waals surface area contributed by atoms with Crippen LogP contribution in [0.2, 0.25) is 0 Å². The molecule has 0 heterocycles. The molecule has 0 radical (unpaired) electrons. The number of hydrogen-bond acceptors (Lipinski definition) is 4. The van der Waals surface area contributed by atoms with E-state index in [0.717, 1.165) is 0 Å². The van der Waals surface area contributed by atoms with Gasteiger partial charge in [-0.1, -0.05) is 37.3 Å². The fraction of sp³-hybridized carbons (Fsp3) is 0.0909. The van der Waals surface area contributed by atoms with Gasteiger partial charge in [-0.3, -0.25) is 4.79 Å². The molecule has 0 aliphatic rings. The summed E-state index contributed by atoms with van der Waals surface area (Å²) in [6.07, 6.45) is 0.462. The van der Waals surface area contributed by atoms with Crippen molar-refractivity contribution in [2.24, 2.45) is 0 Å². The molecule has 3 aromatic carbocycles. The predicted molar refractivity (Wildman–Crippen MR) is 101 cm³/mol. The number of hydrogen-bond donors (Lipinski definition) is 1. The van der Waals surface area contributed by atoms with E-state index in [1.165, 1.54) is 6.07 Å². The van der Waals surface area contributed by atoms with Crippen molar-refractivity contribution >= 4 is 17.6 Å². The van der Waals surface area contributed by atoms with Crippen molar-refractivity contribution in [2.45, 2.75) is 13.3 Å². The van der Waals surface area contributed by atoms with Crippen molar-refractivity contribution < 1.29 is 19.4 Å². The third kappa shape index (κ3) is 4.33. The summed E-state index contributed by atoms with van der Waals surface area (Å²) in [5.74, 6) is -0.260. The predicted octanol–water partition coefficient (Wildman–Crippen LogP) is 3.66. The molecule has 0 unspecified atom stereocenters. The molecule has 0 bridgehead atoms. The van der Waals surface area contributed by atoms with Crippen molar-refractivity contribution in [3.8, 4) is 11.5 Å². The maximum absolute atomic E-state index is 12.5. The fourth-order valence-electron chi connectivity index (χ4n) is 2.77. The molecule has 27 heavy (non-hydrogen) atoms. The summed E-state index contributed by atoms with van der Waals surface area (Å²) in [5, 5.41) is 14.0. The number of amides is 1. The standard InChI is InChI=1S/C22H19NO4/c1-2-18-19(22(25)26)9-6-10-20(18)23-21(24)15-11-13-17(14-12-15)27-16-7-4-3-5-8-16/h3-14H,2H2,1H3,(H,23,24)(H,25,26)/p-1. The number of benzene rings is 3. The van der Waals surface area contributed by atoms with Gasteiger partial charge in [0.2, 0.25) is 0 Å². The number of carboxylic acids is 1. The first kappa shape index (κ1) is 18.2. The lowest BCUT2D eigenvalue weighted by molar-refractivity contribution is -0.255. The number of carbonyl (C=O) groups is 2. The molecule has 0 aliphatic carbocycles. The van der Waals surface area contributed by atoms with E-state index in [4.69, 9.17) is 4.74 Å². The molecule has 0 saturated carbocycles. The number of carboxylic acid groups (broad SMARTS) is 1. The van der Waals surface area contributed by atoms with Crippen LogP contribution < -0.4 is 15.2 Å². The van der Waals surface area contributed by atoms with E-state index >= 15 is 0 Å².